The molecule has 2 aliphatic rings. The molecular weight excluding hydrogens is 422 g/mol. The maximum Gasteiger partial charge on any atom is 0.217 e. The Labute approximate surface area is 203 Å². The van der Waals surface area contributed by atoms with Gasteiger partial charge in [-0.25, -0.2) is 4.98 Å². The van der Waals surface area contributed by atoms with Crippen molar-refractivity contribution in [3.63, 3.8) is 0 Å². The largest absolute Gasteiger partial charge is 0.345 e. The summed E-state index contributed by atoms with van der Waals surface area (Å²) in [4.78, 5) is 11.1. The van der Waals surface area contributed by atoms with Crippen LogP contribution in [0.25, 0.3) is 22.5 Å². The van der Waals surface area contributed by atoms with Crippen molar-refractivity contribution >= 4 is 0 Å². The van der Waals surface area contributed by atoms with Crippen molar-refractivity contribution < 1.29 is 9.47 Å². The van der Waals surface area contributed by atoms with Crippen molar-refractivity contribution in [2.45, 2.75) is 51.7 Å². The average Bonchev–Trinajstić information content (AvgIpc) is 3.59. The predicted molar refractivity (Wildman–Crippen MR) is 136 cm³/mol. The van der Waals surface area contributed by atoms with E-state index in [0.29, 0.717) is 0 Å². The van der Waals surface area contributed by atoms with Gasteiger partial charge in [-0.1, -0.05) is 74.0 Å². The van der Waals surface area contributed by atoms with Crippen LogP contribution in [0, 0.1) is 5.41 Å². The van der Waals surface area contributed by atoms with Crippen LogP contribution in [0.4, 0.5) is 0 Å². The first-order valence-corrected chi connectivity index (χ1v) is 12.9. The van der Waals surface area contributed by atoms with Gasteiger partial charge in [0.1, 0.15) is 0 Å². The first kappa shape index (κ1) is 23.3. The maximum atomic E-state index is 6.32. The zero-order valence-corrected chi connectivity index (χ0v) is 20.3. The molecule has 0 saturated carbocycles. The molecule has 5 rings (SSSR count). The molecular formula is C29H37N3O2. The number of unbranched alkanes of at least 4 members (excludes halogenated alkanes) is 1. The molecule has 3 heterocycles. The van der Waals surface area contributed by atoms with Gasteiger partial charge in [0.15, 0.2) is 5.82 Å². The van der Waals surface area contributed by atoms with E-state index in [1.165, 1.54) is 45.3 Å². The van der Waals surface area contributed by atoms with Crippen LogP contribution in [0.5, 0.6) is 0 Å². The number of nitrogens with one attached hydrogen (secondary N) is 1. The van der Waals surface area contributed by atoms with Crippen LogP contribution in [0.15, 0.2) is 60.7 Å². The quantitative estimate of drug-likeness (QED) is 0.374. The number of ether oxygens (including phenoxy) is 2. The van der Waals surface area contributed by atoms with Crippen LogP contribution in [-0.2, 0) is 9.47 Å². The van der Waals surface area contributed by atoms with Crippen molar-refractivity contribution in [1.82, 2.24) is 14.9 Å². The molecule has 0 bridgehead atoms. The van der Waals surface area contributed by atoms with E-state index >= 15 is 0 Å². The number of aromatic amines is 1. The molecule has 0 amide bonds. The number of imidazole rings is 1. The minimum Gasteiger partial charge on any atom is -0.345 e. The summed E-state index contributed by atoms with van der Waals surface area (Å²) >= 11 is 0. The summed E-state index contributed by atoms with van der Waals surface area (Å²) in [6.45, 7) is 7.51. The second-order valence-corrected chi connectivity index (χ2v) is 9.89. The minimum atomic E-state index is -0.454. The molecule has 0 radical (unpaired) electrons. The van der Waals surface area contributed by atoms with Gasteiger partial charge in [0.2, 0.25) is 6.29 Å². The molecule has 0 spiro atoms. The number of hydrogen-bond acceptors (Lipinski definition) is 4. The zero-order valence-electron chi connectivity index (χ0n) is 20.3. The van der Waals surface area contributed by atoms with Crippen LogP contribution >= 0.6 is 0 Å². The molecule has 2 saturated heterocycles. The van der Waals surface area contributed by atoms with Gasteiger partial charge >= 0.3 is 0 Å². The third kappa shape index (κ3) is 5.27. The Balaban J connectivity index is 1.26. The minimum absolute atomic E-state index is 0.110. The van der Waals surface area contributed by atoms with E-state index < -0.39 is 6.29 Å². The molecule has 5 nitrogen and oxygen atoms in total. The van der Waals surface area contributed by atoms with Crippen LogP contribution in [-0.4, -0.2) is 47.7 Å². The Hall–Kier alpha value is -2.47. The van der Waals surface area contributed by atoms with Crippen molar-refractivity contribution in [1.29, 1.82) is 0 Å². The highest BCUT2D eigenvalue weighted by Gasteiger charge is 2.37. The number of nitrogens with zero attached hydrogens (tertiary/aromatic N) is 2. The summed E-state index contributed by atoms with van der Waals surface area (Å²) in [7, 11) is 0. The fraction of sp³-hybridized carbons (Fsp3) is 0.483. The van der Waals surface area contributed by atoms with Gasteiger partial charge in [0.25, 0.3) is 0 Å². The van der Waals surface area contributed by atoms with Gasteiger partial charge in [0.05, 0.1) is 24.6 Å². The molecule has 2 aromatic carbocycles. The lowest BCUT2D eigenvalue weighted by Gasteiger charge is -2.39. The monoisotopic (exact) mass is 459 g/mol. The predicted octanol–water partition coefficient (Wildman–Crippen LogP) is 6.45. The van der Waals surface area contributed by atoms with Crippen LogP contribution in [0.3, 0.4) is 0 Å². The average molecular weight is 460 g/mol. The molecule has 180 valence electrons. The van der Waals surface area contributed by atoms with E-state index in [9.17, 15) is 0 Å². The number of aromatic nitrogens is 2. The first-order chi connectivity index (χ1) is 16.8. The van der Waals surface area contributed by atoms with E-state index in [-0.39, 0.29) is 5.41 Å². The number of hydrogen-bond donors (Lipinski definition) is 1. The summed E-state index contributed by atoms with van der Waals surface area (Å²) in [6.07, 6.45) is 7.02. The second kappa shape index (κ2) is 10.9. The molecule has 0 unspecified atom stereocenters. The Morgan fingerprint density at radius 1 is 0.912 bits per heavy atom. The number of likely N-dealkylation sites (tertiary alicyclic amines) is 1. The highest BCUT2D eigenvalue weighted by Crippen LogP contribution is 2.39. The summed E-state index contributed by atoms with van der Waals surface area (Å²) in [5.74, 6) is 0.747. The van der Waals surface area contributed by atoms with Gasteiger partial charge in [-0.05, 0) is 51.7 Å². The lowest BCUT2D eigenvalue weighted by atomic mass is 9.81. The molecule has 1 aromatic heterocycles. The Kier molecular flexibility index (Phi) is 7.43. The van der Waals surface area contributed by atoms with Gasteiger partial charge in [-0.3, -0.25) is 0 Å². The summed E-state index contributed by atoms with van der Waals surface area (Å²) < 4.78 is 12.6. The van der Waals surface area contributed by atoms with Crippen molar-refractivity contribution in [3.05, 3.63) is 66.5 Å². The number of H-pyrrole nitrogens is 1. The molecule has 0 aliphatic carbocycles. The lowest BCUT2D eigenvalue weighted by molar-refractivity contribution is -0.239. The summed E-state index contributed by atoms with van der Waals surface area (Å²) in [5.41, 5.74) is 4.24. The molecule has 2 aliphatic heterocycles. The molecule has 2 fully saturated rings. The fourth-order valence-corrected chi connectivity index (χ4v) is 5.24. The van der Waals surface area contributed by atoms with E-state index in [1.54, 1.807) is 0 Å². The summed E-state index contributed by atoms with van der Waals surface area (Å²) in [5, 5.41) is 0. The first-order valence-electron chi connectivity index (χ1n) is 12.9. The highest BCUT2D eigenvalue weighted by atomic mass is 16.7. The standard InChI is InChI=1S/C29H37N3O2/c1-2-29(17-9-10-18-32-19-11-12-20-32)21-33-28(34-22-29)27-30-25(23-13-5-3-6-14-23)26(31-27)24-15-7-4-8-16-24/h3-8,13-16,28H,2,9-12,17-22H2,1H3,(H,30,31). The third-order valence-electron chi connectivity index (χ3n) is 7.52. The van der Waals surface area contributed by atoms with Crippen molar-refractivity contribution in [2.75, 3.05) is 32.8 Å². The lowest BCUT2D eigenvalue weighted by Crippen LogP contribution is -2.38. The third-order valence-corrected chi connectivity index (χ3v) is 7.52. The van der Waals surface area contributed by atoms with Crippen LogP contribution in [0.1, 0.15) is 57.6 Å². The van der Waals surface area contributed by atoms with Crippen molar-refractivity contribution in [2.24, 2.45) is 5.41 Å². The zero-order chi connectivity index (χ0) is 23.2. The van der Waals surface area contributed by atoms with E-state index in [1.807, 2.05) is 24.3 Å². The van der Waals surface area contributed by atoms with Gasteiger partial charge in [-0.2, -0.15) is 0 Å². The van der Waals surface area contributed by atoms with E-state index in [4.69, 9.17) is 14.5 Å². The Morgan fingerprint density at radius 2 is 1.56 bits per heavy atom. The second-order valence-electron chi connectivity index (χ2n) is 9.89. The topological polar surface area (TPSA) is 50.4 Å². The number of rotatable bonds is 9. The molecule has 34 heavy (non-hydrogen) atoms. The van der Waals surface area contributed by atoms with Gasteiger partial charge in [-0.15, -0.1) is 0 Å². The molecule has 5 heteroatoms. The summed E-state index contributed by atoms with van der Waals surface area (Å²) in [6, 6.07) is 20.7. The van der Waals surface area contributed by atoms with E-state index in [0.717, 1.165) is 54.4 Å². The van der Waals surface area contributed by atoms with Gasteiger partial charge < -0.3 is 19.4 Å². The maximum absolute atomic E-state index is 6.32. The van der Waals surface area contributed by atoms with Crippen LogP contribution < -0.4 is 0 Å². The van der Waals surface area contributed by atoms with Crippen molar-refractivity contribution in [3.8, 4) is 22.5 Å². The molecule has 1 N–H and O–H groups in total. The SMILES string of the molecule is CCC1(CCCCN2CCCC2)COC(c2nc(-c3ccccc3)c(-c3ccccc3)[nH]2)OC1. The highest BCUT2D eigenvalue weighted by molar-refractivity contribution is 5.78. The smallest absolute Gasteiger partial charge is 0.217 e. The van der Waals surface area contributed by atoms with E-state index in [2.05, 4.69) is 53.2 Å². The molecule has 0 atom stereocenters. The normalized spacial score (nSPS) is 23.4. The Morgan fingerprint density at radius 3 is 2.21 bits per heavy atom. The fourth-order valence-electron chi connectivity index (χ4n) is 5.24. The van der Waals surface area contributed by atoms with Crippen LogP contribution in [0.2, 0.25) is 0 Å². The molecule has 3 aromatic rings. The number of benzene rings is 2. The Bertz CT molecular complexity index is 963. The van der Waals surface area contributed by atoms with Gasteiger partial charge in [0, 0.05) is 16.5 Å².